The van der Waals surface area contributed by atoms with Crippen molar-refractivity contribution in [2.75, 3.05) is 7.11 Å². The van der Waals surface area contributed by atoms with E-state index >= 15 is 0 Å². The first kappa shape index (κ1) is 15.7. The lowest BCUT2D eigenvalue weighted by Crippen LogP contribution is -2.30. The first-order valence-electron chi connectivity index (χ1n) is 6.27. The second-order valence-electron chi connectivity index (χ2n) is 4.30. The number of carbonyl (C=O) groups excluding carboxylic acids is 2. The highest BCUT2D eigenvalue weighted by atomic mass is 79.9. The Hall–Kier alpha value is -1.66. The van der Waals surface area contributed by atoms with Gasteiger partial charge < -0.3 is 10.1 Å². The third kappa shape index (κ3) is 4.15. The number of nitrogens with one attached hydrogen (secondary N) is 1. The van der Waals surface area contributed by atoms with Crippen molar-refractivity contribution in [3.8, 4) is 0 Å². The summed E-state index contributed by atoms with van der Waals surface area (Å²) in [6.45, 7) is 0. The van der Waals surface area contributed by atoms with E-state index in [0.717, 1.165) is 4.88 Å². The van der Waals surface area contributed by atoms with E-state index in [-0.39, 0.29) is 18.3 Å². The number of esters is 1. The highest BCUT2D eigenvalue weighted by Gasteiger charge is 2.21. The van der Waals surface area contributed by atoms with Crippen molar-refractivity contribution in [3.05, 3.63) is 56.7 Å². The van der Waals surface area contributed by atoms with E-state index in [1.165, 1.54) is 18.4 Å². The lowest BCUT2D eigenvalue weighted by molar-refractivity contribution is -0.141. The number of thiophene rings is 1. The van der Waals surface area contributed by atoms with Crippen LogP contribution in [0.2, 0.25) is 0 Å². The fourth-order valence-corrected chi connectivity index (χ4v) is 3.09. The van der Waals surface area contributed by atoms with Gasteiger partial charge in [0.2, 0.25) is 0 Å². The van der Waals surface area contributed by atoms with Crippen LogP contribution in [-0.2, 0) is 9.53 Å². The number of rotatable bonds is 5. The Morgan fingerprint density at radius 3 is 2.67 bits per heavy atom. The average Bonchev–Trinajstić information content (AvgIpc) is 3.01. The van der Waals surface area contributed by atoms with Crippen molar-refractivity contribution in [2.24, 2.45) is 0 Å². The van der Waals surface area contributed by atoms with Crippen molar-refractivity contribution in [2.45, 2.75) is 12.5 Å². The number of hydrogen-bond donors (Lipinski definition) is 1. The molecule has 1 aromatic heterocycles. The zero-order valence-electron chi connectivity index (χ0n) is 11.3. The van der Waals surface area contributed by atoms with Crippen LogP contribution in [0.1, 0.15) is 27.7 Å². The van der Waals surface area contributed by atoms with Crippen LogP contribution >= 0.6 is 27.3 Å². The minimum absolute atomic E-state index is 0.104. The smallest absolute Gasteiger partial charge is 0.307 e. The van der Waals surface area contributed by atoms with Crippen LogP contribution in [0, 0.1) is 0 Å². The minimum atomic E-state index is -0.392. The molecule has 1 atom stereocenters. The molecule has 1 N–H and O–H groups in total. The molecule has 0 bridgehead atoms. The molecule has 2 aromatic rings. The van der Waals surface area contributed by atoms with Gasteiger partial charge in [-0.25, -0.2) is 0 Å². The lowest BCUT2D eigenvalue weighted by atomic mass is 10.1. The van der Waals surface area contributed by atoms with Gasteiger partial charge >= 0.3 is 5.97 Å². The Morgan fingerprint density at radius 1 is 1.29 bits per heavy atom. The van der Waals surface area contributed by atoms with Crippen molar-refractivity contribution >= 4 is 39.1 Å². The highest BCUT2D eigenvalue weighted by molar-refractivity contribution is 9.10. The summed E-state index contributed by atoms with van der Waals surface area (Å²) in [5.41, 5.74) is 0.531. The zero-order chi connectivity index (χ0) is 15.2. The van der Waals surface area contributed by atoms with Gasteiger partial charge in [-0.3, -0.25) is 9.59 Å². The average molecular weight is 368 g/mol. The van der Waals surface area contributed by atoms with Crippen molar-refractivity contribution in [3.63, 3.8) is 0 Å². The molecule has 0 aliphatic rings. The summed E-state index contributed by atoms with van der Waals surface area (Å²) in [7, 11) is 1.34. The number of ether oxygens (including phenoxy) is 1. The van der Waals surface area contributed by atoms with E-state index in [4.69, 9.17) is 4.74 Å². The van der Waals surface area contributed by atoms with Crippen LogP contribution in [0.4, 0.5) is 0 Å². The molecule has 0 saturated heterocycles. The predicted octanol–water partition coefficient (Wildman–Crippen LogP) is 3.54. The molecule has 21 heavy (non-hydrogen) atoms. The monoisotopic (exact) mass is 367 g/mol. The van der Waals surface area contributed by atoms with Gasteiger partial charge in [0.05, 0.1) is 25.1 Å². The molecule has 0 aliphatic heterocycles. The normalized spacial score (nSPS) is 11.7. The molecule has 110 valence electrons. The first-order valence-corrected chi connectivity index (χ1v) is 7.94. The van der Waals surface area contributed by atoms with Gasteiger partial charge in [-0.05, 0) is 39.5 Å². The molecule has 0 aliphatic carbocycles. The Balaban J connectivity index is 2.17. The molecular weight excluding hydrogens is 354 g/mol. The second kappa shape index (κ2) is 7.38. The fraction of sp³-hybridized carbons (Fsp3) is 0.200. The maximum atomic E-state index is 12.4. The summed E-state index contributed by atoms with van der Waals surface area (Å²) >= 11 is 4.84. The molecule has 6 heteroatoms. The van der Waals surface area contributed by atoms with E-state index in [1.54, 1.807) is 18.2 Å². The van der Waals surface area contributed by atoms with Gasteiger partial charge in [-0.1, -0.05) is 18.2 Å². The molecule has 1 heterocycles. The van der Waals surface area contributed by atoms with Crippen LogP contribution in [0.25, 0.3) is 0 Å². The minimum Gasteiger partial charge on any atom is -0.469 e. The Kier molecular flexibility index (Phi) is 5.52. The number of benzene rings is 1. The third-order valence-corrected chi connectivity index (χ3v) is 4.59. The SMILES string of the molecule is COC(=O)C[C@H](NC(=O)c1ccccc1Br)c1cccs1. The fourth-order valence-electron chi connectivity index (χ4n) is 1.84. The summed E-state index contributed by atoms with van der Waals surface area (Å²) in [6.07, 6.45) is 0.104. The Labute approximate surface area is 135 Å². The van der Waals surface area contributed by atoms with Crippen molar-refractivity contribution in [1.82, 2.24) is 5.32 Å². The molecule has 0 saturated carbocycles. The van der Waals surface area contributed by atoms with Crippen LogP contribution in [0.5, 0.6) is 0 Å². The van der Waals surface area contributed by atoms with E-state index < -0.39 is 6.04 Å². The molecule has 1 aromatic carbocycles. The standard InChI is InChI=1S/C15H14BrNO3S/c1-20-14(18)9-12(13-7-4-8-21-13)17-15(19)10-5-2-3-6-11(10)16/h2-8,12H,9H2,1H3,(H,17,19)/t12-/m0/s1. The van der Waals surface area contributed by atoms with Crippen molar-refractivity contribution < 1.29 is 14.3 Å². The molecule has 0 spiro atoms. The molecule has 4 nitrogen and oxygen atoms in total. The molecular formula is C15H14BrNO3S. The van der Waals surface area contributed by atoms with Gasteiger partial charge in [-0.2, -0.15) is 0 Å². The Morgan fingerprint density at radius 2 is 2.05 bits per heavy atom. The number of hydrogen-bond acceptors (Lipinski definition) is 4. The van der Waals surface area contributed by atoms with E-state index in [0.29, 0.717) is 10.0 Å². The van der Waals surface area contributed by atoms with Crippen LogP contribution in [-0.4, -0.2) is 19.0 Å². The van der Waals surface area contributed by atoms with E-state index in [2.05, 4.69) is 21.2 Å². The first-order chi connectivity index (χ1) is 10.1. The van der Waals surface area contributed by atoms with E-state index in [1.807, 2.05) is 23.6 Å². The van der Waals surface area contributed by atoms with Crippen LogP contribution in [0.15, 0.2) is 46.3 Å². The third-order valence-electron chi connectivity index (χ3n) is 2.91. The zero-order valence-corrected chi connectivity index (χ0v) is 13.7. The summed E-state index contributed by atoms with van der Waals surface area (Å²) in [6, 6.07) is 10.5. The number of carbonyl (C=O) groups is 2. The maximum Gasteiger partial charge on any atom is 0.307 e. The number of halogens is 1. The summed E-state index contributed by atoms with van der Waals surface area (Å²) in [5, 5.41) is 4.79. The predicted molar refractivity (Wildman–Crippen MR) is 85.3 cm³/mol. The van der Waals surface area contributed by atoms with Gasteiger partial charge in [0, 0.05) is 9.35 Å². The van der Waals surface area contributed by atoms with Crippen LogP contribution < -0.4 is 5.32 Å². The van der Waals surface area contributed by atoms with Gasteiger partial charge in [0.1, 0.15) is 0 Å². The van der Waals surface area contributed by atoms with Gasteiger partial charge in [0.15, 0.2) is 0 Å². The lowest BCUT2D eigenvalue weighted by Gasteiger charge is -2.17. The topological polar surface area (TPSA) is 55.4 Å². The highest BCUT2D eigenvalue weighted by Crippen LogP contribution is 2.24. The molecule has 0 fully saturated rings. The van der Waals surface area contributed by atoms with Gasteiger partial charge in [0.25, 0.3) is 5.91 Å². The molecule has 0 radical (unpaired) electrons. The van der Waals surface area contributed by atoms with Crippen molar-refractivity contribution in [1.29, 1.82) is 0 Å². The van der Waals surface area contributed by atoms with E-state index in [9.17, 15) is 9.59 Å². The quantitative estimate of drug-likeness (QED) is 0.822. The largest absolute Gasteiger partial charge is 0.469 e. The van der Waals surface area contributed by atoms with Gasteiger partial charge in [-0.15, -0.1) is 11.3 Å². The second-order valence-corrected chi connectivity index (χ2v) is 6.14. The Bertz CT molecular complexity index is 628. The molecule has 1 amide bonds. The number of amides is 1. The maximum absolute atomic E-state index is 12.4. The summed E-state index contributed by atoms with van der Waals surface area (Å²) in [5.74, 6) is -0.592. The molecule has 2 rings (SSSR count). The summed E-state index contributed by atoms with van der Waals surface area (Å²) in [4.78, 5) is 24.8. The van der Waals surface area contributed by atoms with Crippen LogP contribution in [0.3, 0.4) is 0 Å². The summed E-state index contributed by atoms with van der Waals surface area (Å²) < 4.78 is 5.41. The number of methoxy groups -OCH3 is 1. The molecule has 0 unspecified atom stereocenters.